The van der Waals surface area contributed by atoms with Crippen molar-refractivity contribution in [1.82, 2.24) is 16.0 Å². The van der Waals surface area contributed by atoms with Gasteiger partial charge in [-0.2, -0.15) is 23.5 Å². The summed E-state index contributed by atoms with van der Waals surface area (Å²) in [6.07, 6.45) is 3.04. The van der Waals surface area contributed by atoms with Crippen LogP contribution in [0.25, 0.3) is 0 Å². The highest BCUT2D eigenvalue weighted by Gasteiger charge is 2.29. The van der Waals surface area contributed by atoms with Gasteiger partial charge in [0.2, 0.25) is 5.91 Å². The number of ketones is 1. The van der Waals surface area contributed by atoms with E-state index in [4.69, 9.17) is 54.5 Å². The number of aliphatic carboxylic acids is 2. The predicted molar refractivity (Wildman–Crippen MR) is 324 cm³/mol. The molecule has 0 saturated carbocycles. The second-order valence-electron chi connectivity index (χ2n) is 21.0. The quantitative estimate of drug-likeness (QED) is 0.0113. The number of hydrogen-bond acceptors (Lipinski definition) is 24. The molecule has 9 N–H and O–H groups in total. The first-order valence-corrected chi connectivity index (χ1v) is 29.7. The number of amides is 3. The minimum atomic E-state index is -1.17. The van der Waals surface area contributed by atoms with Crippen LogP contribution in [0.5, 0.6) is 23.0 Å². The van der Waals surface area contributed by atoms with Gasteiger partial charge in [-0.25, -0.2) is 24.0 Å². The van der Waals surface area contributed by atoms with E-state index in [1.54, 1.807) is 41.5 Å². The number of carboxylic acid groups (broad SMARTS) is 2. The Morgan fingerprint density at radius 1 is 0.586 bits per heavy atom. The normalized spacial score (nSPS) is 12.3. The number of nitrogens with one attached hydrogen (secondary N) is 3. The van der Waals surface area contributed by atoms with Gasteiger partial charge in [-0.3, -0.25) is 34.6 Å². The van der Waals surface area contributed by atoms with E-state index in [9.17, 15) is 63.7 Å². The average molecular weight is 1280 g/mol. The largest absolute Gasteiger partial charge is 0.493 e. The smallest absolute Gasteiger partial charge is 0.408 e. The number of carbonyl (C=O) groups is 8. The molecule has 0 radical (unpaired) electrons. The van der Waals surface area contributed by atoms with Gasteiger partial charge in [0.05, 0.1) is 69.7 Å². The minimum absolute atomic E-state index is 0. The van der Waals surface area contributed by atoms with Crippen LogP contribution in [0.2, 0.25) is 0 Å². The highest BCUT2D eigenvalue weighted by molar-refractivity contribution is 7.98. The molecule has 492 valence electrons. The maximum Gasteiger partial charge on any atom is 0.408 e. The molecule has 0 fully saturated rings. The van der Waals surface area contributed by atoms with Crippen molar-refractivity contribution in [3.8, 4) is 23.0 Å². The number of esters is 2. The number of nitro groups is 2. The molecule has 29 nitrogen and oxygen atoms in total. The molecule has 87 heavy (non-hydrogen) atoms. The number of methoxy groups -OCH3 is 4. The van der Waals surface area contributed by atoms with Crippen LogP contribution >= 0.6 is 23.5 Å². The van der Waals surface area contributed by atoms with Crippen molar-refractivity contribution in [3.63, 3.8) is 0 Å². The summed E-state index contributed by atoms with van der Waals surface area (Å²) in [5.41, 5.74) is 9.91. The maximum absolute atomic E-state index is 12.5. The Balaban J connectivity index is 0.00000183. The molecule has 0 saturated heterocycles. The molecule has 0 aliphatic rings. The lowest BCUT2D eigenvalue weighted by Gasteiger charge is -2.22. The molecule has 0 heterocycles. The molecule has 2 rings (SSSR count). The maximum atomic E-state index is 12.5. The lowest BCUT2D eigenvalue weighted by atomic mass is 10.00. The summed E-state index contributed by atoms with van der Waals surface area (Å²) >= 11 is 2.30. The van der Waals surface area contributed by atoms with Crippen molar-refractivity contribution in [1.29, 1.82) is 0 Å². The molecule has 0 bridgehead atoms. The van der Waals surface area contributed by atoms with Gasteiger partial charge in [0.1, 0.15) is 35.1 Å². The lowest BCUT2D eigenvalue weighted by molar-refractivity contribution is -0.385. The van der Waals surface area contributed by atoms with Gasteiger partial charge in [-0.1, -0.05) is 26.7 Å². The second kappa shape index (κ2) is 41.7. The van der Waals surface area contributed by atoms with Crippen LogP contribution in [-0.2, 0) is 59.2 Å². The zero-order chi connectivity index (χ0) is 65.2. The number of carbonyl (C=O) groups excluding carboxylic acids is 6. The predicted octanol–water partition coefficient (Wildman–Crippen LogP) is 7.39. The number of rotatable bonds is 39. The fraction of sp³-hybridized carbons (Fsp3) is 0.643. The van der Waals surface area contributed by atoms with Crippen LogP contribution in [0.15, 0.2) is 24.3 Å². The summed E-state index contributed by atoms with van der Waals surface area (Å²) in [5, 5.41) is 49.2. The second-order valence-corrected chi connectivity index (χ2v) is 23.0. The lowest BCUT2D eigenvalue weighted by Crippen LogP contribution is -2.45. The Labute approximate surface area is 515 Å². The van der Waals surface area contributed by atoms with E-state index in [-0.39, 0.29) is 121 Å². The molecular weight excluding hydrogens is 1190 g/mol. The molecule has 3 amide bonds. The van der Waals surface area contributed by atoms with Gasteiger partial charge in [0.15, 0.2) is 23.0 Å². The van der Waals surface area contributed by atoms with E-state index in [0.29, 0.717) is 44.2 Å². The number of carboxylic acids is 2. The fourth-order valence-electron chi connectivity index (χ4n) is 7.42. The molecule has 4 atom stereocenters. The third kappa shape index (κ3) is 33.4. The highest BCUT2D eigenvalue weighted by atomic mass is 32.2. The Kier molecular flexibility index (Phi) is 38.1. The summed E-state index contributed by atoms with van der Waals surface area (Å²) in [5.74, 6) is -3.14. The van der Waals surface area contributed by atoms with Crippen LogP contribution < -0.4 is 46.4 Å². The molecule has 2 aromatic carbocycles. The number of ether oxygens (including phenoxy) is 8. The minimum Gasteiger partial charge on any atom is -0.493 e. The van der Waals surface area contributed by atoms with Crippen LogP contribution in [0.4, 0.5) is 21.0 Å². The number of unbranched alkanes of at least 4 members (excludes halogenated alkanes) is 3. The average Bonchev–Trinajstić information content (AvgIpc) is 2.62. The van der Waals surface area contributed by atoms with Gasteiger partial charge in [0, 0.05) is 53.4 Å². The molecule has 0 aromatic heterocycles. The van der Waals surface area contributed by atoms with E-state index in [0.717, 1.165) is 36.4 Å². The standard InChI is InChI=1S/C34H55N5O12S.C21H30N2O10S.CH4/c1-34(2,3)51-33(45)38-25(32(44)49-5)21-52-20-22-18-28(48-4)29(19-26(22)39(46)47)50-17-11-15-30(41)37-24(31(42)43)13-7-6-8-14-27(40)23(36)12-9-10-16-35;1-21(2,3)33-20(27)22-14(19(26)31-5)12-34-11-13-9-16(30-4)17(10-15(13)23(28)29)32-8-6-7-18(24)25;/h18-19,23-25H,6-17,20-21,35-36H2,1-5H3,(H,37,41)(H,38,45)(H,42,43);9-10,14H,6-8,11-12H2,1-5H3,(H,22,27)(H,24,25);1H4. The van der Waals surface area contributed by atoms with Crippen LogP contribution in [0, 0.1) is 20.2 Å². The van der Waals surface area contributed by atoms with Crippen molar-refractivity contribution in [3.05, 3.63) is 55.6 Å². The molecule has 4 unspecified atom stereocenters. The summed E-state index contributed by atoms with van der Waals surface area (Å²) in [4.78, 5) is 118. The van der Waals surface area contributed by atoms with Crippen molar-refractivity contribution in [2.24, 2.45) is 11.5 Å². The number of nitro benzene ring substituents is 2. The summed E-state index contributed by atoms with van der Waals surface area (Å²) in [6.45, 7) is 10.6. The Morgan fingerprint density at radius 3 is 1.40 bits per heavy atom. The third-order valence-electron chi connectivity index (χ3n) is 11.6. The van der Waals surface area contributed by atoms with Gasteiger partial charge in [-0.15, -0.1) is 0 Å². The number of alkyl carbamates (subject to hydrolysis) is 2. The van der Waals surface area contributed by atoms with Crippen LogP contribution in [-0.4, -0.2) is 163 Å². The Bertz CT molecular complexity index is 2560. The van der Waals surface area contributed by atoms with Crippen molar-refractivity contribution in [2.45, 2.75) is 173 Å². The monoisotopic (exact) mass is 1280 g/mol. The molecular formula is C56H89N7O22S2. The van der Waals surface area contributed by atoms with E-state index < -0.39 is 87.2 Å². The first-order valence-electron chi connectivity index (χ1n) is 27.4. The van der Waals surface area contributed by atoms with E-state index >= 15 is 0 Å². The number of nitrogens with zero attached hydrogens (tertiary/aromatic N) is 2. The third-order valence-corrected chi connectivity index (χ3v) is 13.8. The first kappa shape index (κ1) is 79.6. The highest BCUT2D eigenvalue weighted by Crippen LogP contribution is 2.38. The molecule has 0 spiro atoms. The number of hydrogen-bond donors (Lipinski definition) is 7. The molecule has 0 aliphatic carbocycles. The number of nitrogens with two attached hydrogens (primary N) is 2. The zero-order valence-corrected chi connectivity index (χ0v) is 52.1. The number of thioether (sulfide) groups is 2. The van der Waals surface area contributed by atoms with Crippen molar-refractivity contribution < 1.29 is 96.3 Å². The first-order chi connectivity index (χ1) is 40.4. The van der Waals surface area contributed by atoms with Gasteiger partial charge >= 0.3 is 36.1 Å². The van der Waals surface area contributed by atoms with Gasteiger partial charge in [0.25, 0.3) is 11.4 Å². The Morgan fingerprint density at radius 2 is 1.02 bits per heavy atom. The topological polar surface area (TPSA) is 425 Å². The van der Waals surface area contributed by atoms with E-state index in [1.165, 1.54) is 52.7 Å². The van der Waals surface area contributed by atoms with Crippen molar-refractivity contribution in [2.75, 3.05) is 59.7 Å². The van der Waals surface area contributed by atoms with Crippen LogP contribution in [0.3, 0.4) is 0 Å². The SMILES string of the molecule is C.COC(=O)C(CSCc1cc(OC)c(OCCCC(=O)NC(CCCCCC(=O)C(N)CCCCN)C(=O)O)cc1[N+](=O)[O-])NC(=O)OC(C)(C)C.COC(=O)C(CSCc1cc(OC)c(OCCCC(=O)O)cc1[N+](=O)[O-])NC(=O)OC(C)(C)C. The summed E-state index contributed by atoms with van der Waals surface area (Å²) in [6, 6.07) is 1.60. The van der Waals surface area contributed by atoms with E-state index in [1.807, 2.05) is 0 Å². The van der Waals surface area contributed by atoms with Gasteiger partial charge in [-0.05, 0) is 98.7 Å². The zero-order valence-electron chi connectivity index (χ0n) is 50.5. The summed E-state index contributed by atoms with van der Waals surface area (Å²) < 4.78 is 41.7. The number of Topliss-reactive ketones (excluding diaryl/α,β-unsaturated/α-hetero) is 1. The summed E-state index contributed by atoms with van der Waals surface area (Å²) in [7, 11) is 5.09. The van der Waals surface area contributed by atoms with Crippen LogP contribution in [0.1, 0.15) is 137 Å². The van der Waals surface area contributed by atoms with Crippen molar-refractivity contribution >= 4 is 82.7 Å². The molecule has 0 aliphatic heterocycles. The fourth-order valence-corrected chi connectivity index (χ4v) is 9.47. The molecule has 31 heteroatoms. The van der Waals surface area contributed by atoms with Gasteiger partial charge < -0.3 is 75.5 Å². The Hall–Kier alpha value is -7.38. The number of benzene rings is 2. The molecule has 2 aromatic rings. The van der Waals surface area contributed by atoms with E-state index in [2.05, 4.69) is 16.0 Å².